The zero-order valence-electron chi connectivity index (χ0n) is 12.4. The maximum Gasteiger partial charge on any atom is 0.355 e. The number of hydrogen-bond acceptors (Lipinski definition) is 6. The van der Waals surface area contributed by atoms with Crippen molar-refractivity contribution in [1.29, 1.82) is 0 Å². The number of esters is 1. The molecule has 0 unspecified atom stereocenters. The van der Waals surface area contributed by atoms with E-state index in [2.05, 4.69) is 4.98 Å². The van der Waals surface area contributed by atoms with Crippen LogP contribution in [0.3, 0.4) is 0 Å². The molecular formula is C15H19NO5S. The molecule has 0 saturated heterocycles. The molecule has 1 heterocycles. The van der Waals surface area contributed by atoms with Gasteiger partial charge < -0.3 is 9.84 Å². The summed E-state index contributed by atoms with van der Waals surface area (Å²) in [6, 6.07) is 0. The molecule has 7 heteroatoms. The molecule has 1 aromatic heterocycles. The highest BCUT2D eigenvalue weighted by atomic mass is 32.1. The van der Waals surface area contributed by atoms with Crippen molar-refractivity contribution in [2.24, 2.45) is 5.92 Å². The molecular weight excluding hydrogens is 306 g/mol. The van der Waals surface area contributed by atoms with Gasteiger partial charge in [0.15, 0.2) is 5.69 Å². The van der Waals surface area contributed by atoms with Crippen LogP contribution in [-0.4, -0.2) is 34.4 Å². The molecule has 6 nitrogen and oxygen atoms in total. The number of aromatic carboxylic acids is 1. The lowest BCUT2D eigenvalue weighted by Crippen LogP contribution is -2.24. The van der Waals surface area contributed by atoms with Crippen LogP contribution in [-0.2, 0) is 14.3 Å². The van der Waals surface area contributed by atoms with E-state index >= 15 is 0 Å². The number of Topliss-reactive ketones (excluding diaryl/α,β-unsaturated/α-hetero) is 1. The van der Waals surface area contributed by atoms with Gasteiger partial charge in [-0.3, -0.25) is 9.59 Å². The second kappa shape index (κ2) is 7.49. The van der Waals surface area contributed by atoms with Gasteiger partial charge >= 0.3 is 11.9 Å². The average Bonchev–Trinajstić information content (AvgIpc) is 2.97. The van der Waals surface area contributed by atoms with Gasteiger partial charge in [0.05, 0.1) is 11.6 Å². The van der Waals surface area contributed by atoms with Gasteiger partial charge in [-0.05, 0) is 32.6 Å². The predicted molar refractivity (Wildman–Crippen MR) is 80.0 cm³/mol. The number of nitrogens with zero attached hydrogens (tertiary/aromatic N) is 1. The minimum atomic E-state index is -1.01. The van der Waals surface area contributed by atoms with Crippen molar-refractivity contribution in [3.05, 3.63) is 16.1 Å². The van der Waals surface area contributed by atoms with Crippen LogP contribution < -0.4 is 0 Å². The quantitative estimate of drug-likeness (QED) is 0.638. The van der Waals surface area contributed by atoms with Crippen molar-refractivity contribution in [2.45, 2.75) is 44.9 Å². The van der Waals surface area contributed by atoms with E-state index in [1.54, 1.807) is 12.3 Å². The smallest absolute Gasteiger partial charge is 0.355 e. The Labute approximate surface area is 132 Å². The van der Waals surface area contributed by atoms with Gasteiger partial charge in [0.2, 0.25) is 0 Å². The summed E-state index contributed by atoms with van der Waals surface area (Å²) in [5, 5.41) is 11.3. The van der Waals surface area contributed by atoms with Gasteiger partial charge in [-0.1, -0.05) is 0 Å². The van der Waals surface area contributed by atoms with Crippen LogP contribution in [0.25, 0.3) is 0 Å². The molecule has 0 amide bonds. The number of aromatic nitrogens is 1. The number of rotatable bonds is 6. The highest BCUT2D eigenvalue weighted by Gasteiger charge is 2.29. The third kappa shape index (κ3) is 4.13. The SMILES string of the molecule is CCOC(=O)CC(=O)C1CCC(c2nc(C(=O)O)cs2)CC1. The van der Waals surface area contributed by atoms with Crippen LogP contribution in [0, 0.1) is 5.92 Å². The standard InChI is InChI=1S/C15H19NO5S/c1-2-21-13(18)7-12(17)9-3-5-10(6-4-9)14-16-11(8-22-14)15(19)20/h8-10H,2-7H2,1H3,(H,19,20). The number of carboxylic acids is 1. The summed E-state index contributed by atoms with van der Waals surface area (Å²) >= 11 is 1.36. The Balaban J connectivity index is 1.85. The number of ketones is 1. The van der Waals surface area contributed by atoms with Crippen molar-refractivity contribution >= 4 is 29.1 Å². The Kier molecular flexibility index (Phi) is 5.65. The predicted octanol–water partition coefficient (Wildman–Crippen LogP) is 2.64. The number of hydrogen-bond donors (Lipinski definition) is 1. The molecule has 0 spiro atoms. The van der Waals surface area contributed by atoms with Crippen LogP contribution in [0.4, 0.5) is 0 Å². The summed E-state index contributed by atoms with van der Waals surface area (Å²) < 4.78 is 4.80. The summed E-state index contributed by atoms with van der Waals surface area (Å²) in [7, 11) is 0. The van der Waals surface area contributed by atoms with Crippen LogP contribution in [0.15, 0.2) is 5.38 Å². The number of carbonyl (C=O) groups excluding carboxylic acids is 2. The molecule has 0 atom stereocenters. The Morgan fingerprint density at radius 1 is 1.32 bits per heavy atom. The highest BCUT2D eigenvalue weighted by molar-refractivity contribution is 7.09. The first-order valence-corrected chi connectivity index (χ1v) is 8.26. The fraction of sp³-hybridized carbons (Fsp3) is 0.600. The second-order valence-electron chi connectivity index (χ2n) is 5.37. The molecule has 1 aromatic rings. The van der Waals surface area contributed by atoms with Crippen molar-refractivity contribution < 1.29 is 24.2 Å². The first-order chi connectivity index (χ1) is 10.5. The monoisotopic (exact) mass is 325 g/mol. The van der Waals surface area contributed by atoms with Crippen LogP contribution in [0.5, 0.6) is 0 Å². The summed E-state index contributed by atoms with van der Waals surface area (Å²) in [6.07, 6.45) is 2.87. The zero-order valence-corrected chi connectivity index (χ0v) is 13.2. The van der Waals surface area contributed by atoms with E-state index in [4.69, 9.17) is 9.84 Å². The lowest BCUT2D eigenvalue weighted by Gasteiger charge is -2.26. The summed E-state index contributed by atoms with van der Waals surface area (Å²) in [4.78, 5) is 38.4. The highest BCUT2D eigenvalue weighted by Crippen LogP contribution is 2.37. The molecule has 1 fully saturated rings. The largest absolute Gasteiger partial charge is 0.476 e. The zero-order chi connectivity index (χ0) is 16.1. The lowest BCUT2D eigenvalue weighted by molar-refractivity contribution is -0.146. The van der Waals surface area contributed by atoms with Crippen molar-refractivity contribution in [1.82, 2.24) is 4.98 Å². The van der Waals surface area contributed by atoms with Crippen molar-refractivity contribution in [3.8, 4) is 0 Å². The van der Waals surface area contributed by atoms with Gasteiger partial charge in [0.25, 0.3) is 0 Å². The normalized spacial score (nSPS) is 21.3. The topological polar surface area (TPSA) is 93.6 Å². The Hall–Kier alpha value is -1.76. The number of ether oxygens (including phenoxy) is 1. The van der Waals surface area contributed by atoms with Crippen LogP contribution in [0.1, 0.15) is 60.4 Å². The molecule has 1 saturated carbocycles. The summed E-state index contributed by atoms with van der Waals surface area (Å²) in [5.41, 5.74) is 0.0838. The Morgan fingerprint density at radius 2 is 2.00 bits per heavy atom. The third-order valence-corrected chi connectivity index (χ3v) is 4.90. The maximum atomic E-state index is 12.0. The van der Waals surface area contributed by atoms with Crippen LogP contribution >= 0.6 is 11.3 Å². The molecule has 0 bridgehead atoms. The van der Waals surface area contributed by atoms with E-state index in [9.17, 15) is 14.4 Å². The van der Waals surface area contributed by atoms with E-state index in [1.807, 2.05) is 0 Å². The van der Waals surface area contributed by atoms with Gasteiger partial charge in [0, 0.05) is 17.2 Å². The van der Waals surface area contributed by atoms with Gasteiger partial charge in [0.1, 0.15) is 12.2 Å². The summed E-state index contributed by atoms with van der Waals surface area (Å²) in [5.74, 6) is -1.41. The average molecular weight is 325 g/mol. The minimum absolute atomic E-state index is 0.0535. The van der Waals surface area contributed by atoms with Gasteiger partial charge in [-0.2, -0.15) is 0 Å². The molecule has 1 N–H and O–H groups in total. The molecule has 1 aliphatic carbocycles. The van der Waals surface area contributed by atoms with E-state index in [0.717, 1.165) is 17.8 Å². The second-order valence-corrected chi connectivity index (χ2v) is 6.26. The fourth-order valence-electron chi connectivity index (χ4n) is 2.73. The molecule has 0 aliphatic heterocycles. The Morgan fingerprint density at radius 3 is 2.55 bits per heavy atom. The number of thiazole rings is 1. The minimum Gasteiger partial charge on any atom is -0.476 e. The number of carbonyl (C=O) groups is 3. The first-order valence-electron chi connectivity index (χ1n) is 7.38. The van der Waals surface area contributed by atoms with E-state index in [1.165, 1.54) is 11.3 Å². The molecule has 120 valence electrons. The van der Waals surface area contributed by atoms with Crippen molar-refractivity contribution in [3.63, 3.8) is 0 Å². The molecule has 0 aromatic carbocycles. The third-order valence-electron chi connectivity index (χ3n) is 3.90. The number of carboxylic acid groups (broad SMARTS) is 1. The summed E-state index contributed by atoms with van der Waals surface area (Å²) in [6.45, 7) is 2.00. The first kappa shape index (κ1) is 16.6. The molecule has 1 aliphatic rings. The lowest BCUT2D eigenvalue weighted by atomic mass is 9.79. The van der Waals surface area contributed by atoms with Crippen LogP contribution in [0.2, 0.25) is 0 Å². The maximum absolute atomic E-state index is 12.0. The van der Waals surface area contributed by atoms with Gasteiger partial charge in [-0.15, -0.1) is 11.3 Å². The Bertz CT molecular complexity index is 560. The molecule has 2 rings (SSSR count). The van der Waals surface area contributed by atoms with E-state index in [0.29, 0.717) is 12.8 Å². The fourth-order valence-corrected chi connectivity index (χ4v) is 3.70. The van der Waals surface area contributed by atoms with Gasteiger partial charge in [-0.25, -0.2) is 9.78 Å². The van der Waals surface area contributed by atoms with E-state index < -0.39 is 11.9 Å². The van der Waals surface area contributed by atoms with Crippen molar-refractivity contribution in [2.75, 3.05) is 6.61 Å². The van der Waals surface area contributed by atoms with E-state index in [-0.39, 0.29) is 36.3 Å². The molecule has 0 radical (unpaired) electrons. The molecule has 22 heavy (non-hydrogen) atoms.